The number of fused-ring (bicyclic) bond motifs is 1. The van der Waals surface area contributed by atoms with E-state index in [9.17, 15) is 0 Å². The van der Waals surface area contributed by atoms with Crippen LogP contribution in [0.5, 0.6) is 0 Å². The lowest BCUT2D eigenvalue weighted by Crippen LogP contribution is -1.96. The van der Waals surface area contributed by atoms with E-state index < -0.39 is 0 Å². The van der Waals surface area contributed by atoms with Crippen molar-refractivity contribution >= 4 is 10.9 Å². The highest BCUT2D eigenvalue weighted by Gasteiger charge is 2.07. The summed E-state index contributed by atoms with van der Waals surface area (Å²) in [6.45, 7) is 5.78. The Labute approximate surface area is 181 Å². The van der Waals surface area contributed by atoms with Crippen molar-refractivity contribution in [2.24, 2.45) is 0 Å². The predicted octanol–water partition coefficient (Wildman–Crippen LogP) is 9.47. The zero-order valence-corrected chi connectivity index (χ0v) is 19.6. The van der Waals surface area contributed by atoms with Crippen molar-refractivity contribution in [1.29, 1.82) is 0 Å². The molecule has 0 bridgehead atoms. The first-order valence-corrected chi connectivity index (χ1v) is 12.9. The van der Waals surface area contributed by atoms with Gasteiger partial charge in [0.1, 0.15) is 0 Å². The first-order chi connectivity index (χ1) is 14.4. The lowest BCUT2D eigenvalue weighted by molar-refractivity contribution is 0.548. The van der Waals surface area contributed by atoms with Gasteiger partial charge in [0.15, 0.2) is 0 Å². The van der Waals surface area contributed by atoms with Gasteiger partial charge in [0.2, 0.25) is 0 Å². The topological polar surface area (TPSA) is 4.93 Å². The van der Waals surface area contributed by atoms with Gasteiger partial charge in [-0.15, -0.1) is 0 Å². The summed E-state index contributed by atoms with van der Waals surface area (Å²) < 4.78 is 2.53. The Kier molecular flexibility index (Phi) is 12.9. The van der Waals surface area contributed by atoms with E-state index in [-0.39, 0.29) is 0 Å². The summed E-state index contributed by atoms with van der Waals surface area (Å²) in [6.07, 6.45) is 26.1. The molecule has 1 heteroatoms. The Hall–Kier alpha value is -1.24. The van der Waals surface area contributed by atoms with Crippen LogP contribution in [-0.4, -0.2) is 4.57 Å². The second-order valence-electron chi connectivity index (χ2n) is 9.06. The number of benzene rings is 1. The summed E-state index contributed by atoms with van der Waals surface area (Å²) in [5.74, 6) is 0. The molecule has 0 N–H and O–H groups in total. The Morgan fingerprint density at radius 2 is 1.10 bits per heavy atom. The first kappa shape index (κ1) is 24.0. The van der Waals surface area contributed by atoms with Crippen molar-refractivity contribution in [3.05, 3.63) is 36.0 Å². The third-order valence-electron chi connectivity index (χ3n) is 6.42. The van der Waals surface area contributed by atoms with Gasteiger partial charge >= 0.3 is 0 Å². The number of para-hydroxylation sites is 1. The molecule has 0 saturated carbocycles. The fourth-order valence-corrected chi connectivity index (χ4v) is 4.57. The molecule has 0 amide bonds. The molecule has 2 aromatic rings. The van der Waals surface area contributed by atoms with Gasteiger partial charge in [-0.25, -0.2) is 0 Å². The zero-order chi connectivity index (χ0) is 20.6. The van der Waals surface area contributed by atoms with Crippen molar-refractivity contribution in [1.82, 2.24) is 4.57 Å². The van der Waals surface area contributed by atoms with E-state index in [1.807, 2.05) is 0 Å². The fraction of sp³-hybridized carbons (Fsp3) is 0.714. The van der Waals surface area contributed by atoms with Gasteiger partial charge in [0.25, 0.3) is 0 Å². The number of rotatable bonds is 18. The molecule has 0 atom stereocenters. The molecular weight excluding hydrogens is 350 g/mol. The van der Waals surface area contributed by atoms with E-state index in [1.165, 1.54) is 127 Å². The van der Waals surface area contributed by atoms with E-state index >= 15 is 0 Å². The maximum Gasteiger partial charge on any atom is 0.0483 e. The molecule has 1 nitrogen and oxygen atoms in total. The van der Waals surface area contributed by atoms with E-state index in [0.717, 1.165) is 0 Å². The van der Waals surface area contributed by atoms with Crippen LogP contribution in [-0.2, 0) is 13.0 Å². The van der Waals surface area contributed by atoms with Crippen LogP contribution < -0.4 is 0 Å². The molecule has 1 aromatic heterocycles. The van der Waals surface area contributed by atoms with Crippen LogP contribution in [0.25, 0.3) is 10.9 Å². The molecule has 0 unspecified atom stereocenters. The molecule has 0 aliphatic rings. The summed E-state index contributed by atoms with van der Waals surface area (Å²) in [7, 11) is 0. The number of nitrogens with zero attached hydrogens (tertiary/aromatic N) is 1. The van der Waals surface area contributed by atoms with Crippen molar-refractivity contribution in [3.63, 3.8) is 0 Å². The molecule has 0 aliphatic carbocycles. The van der Waals surface area contributed by atoms with Gasteiger partial charge in [0.05, 0.1) is 0 Å². The molecule has 2 rings (SSSR count). The van der Waals surface area contributed by atoms with E-state index in [2.05, 4.69) is 48.9 Å². The molecule has 0 aliphatic heterocycles. The van der Waals surface area contributed by atoms with Crippen molar-refractivity contribution < 1.29 is 0 Å². The molecule has 0 radical (unpaired) electrons. The average Bonchev–Trinajstić information content (AvgIpc) is 3.10. The van der Waals surface area contributed by atoms with E-state index in [1.54, 1.807) is 5.56 Å². The number of unbranched alkanes of at least 4 members (excludes halogenated alkanes) is 14. The van der Waals surface area contributed by atoms with Crippen molar-refractivity contribution in [2.45, 2.75) is 130 Å². The quantitative estimate of drug-likeness (QED) is 0.221. The summed E-state index contributed by atoms with van der Waals surface area (Å²) in [4.78, 5) is 0. The maximum absolute atomic E-state index is 2.53. The largest absolute Gasteiger partial charge is 0.347 e. The zero-order valence-electron chi connectivity index (χ0n) is 19.6. The molecule has 29 heavy (non-hydrogen) atoms. The molecule has 1 aromatic carbocycles. The average molecular weight is 398 g/mol. The predicted molar refractivity (Wildman–Crippen MR) is 131 cm³/mol. The lowest BCUT2D eigenvalue weighted by atomic mass is 10.0. The Bertz CT molecular complexity index is 585. The standard InChI is InChI=1S/C28H47N/c1-3-5-7-9-11-13-15-17-21-26-25-29(28-23-19-18-22-27(26)28)24-20-16-14-12-10-8-6-4-2/h18-19,22-23,25H,3-17,20-21,24H2,1-2H3. The minimum atomic E-state index is 1.19. The minimum absolute atomic E-state index is 1.19. The normalized spacial score (nSPS) is 11.5. The van der Waals surface area contributed by atoms with E-state index in [4.69, 9.17) is 0 Å². The van der Waals surface area contributed by atoms with Gasteiger partial charge in [-0.05, 0) is 30.9 Å². The van der Waals surface area contributed by atoms with Gasteiger partial charge in [-0.2, -0.15) is 0 Å². The highest BCUT2D eigenvalue weighted by Crippen LogP contribution is 2.24. The number of aromatic nitrogens is 1. The van der Waals surface area contributed by atoms with Crippen LogP contribution >= 0.6 is 0 Å². The second kappa shape index (κ2) is 15.6. The van der Waals surface area contributed by atoms with E-state index in [0.29, 0.717) is 0 Å². The molecule has 0 fully saturated rings. The summed E-state index contributed by atoms with van der Waals surface area (Å²) in [6, 6.07) is 9.06. The summed E-state index contributed by atoms with van der Waals surface area (Å²) in [5, 5.41) is 1.50. The van der Waals surface area contributed by atoms with Crippen LogP contribution in [0.15, 0.2) is 30.5 Å². The third kappa shape index (κ3) is 9.41. The monoisotopic (exact) mass is 397 g/mol. The van der Waals surface area contributed by atoms with Crippen LogP contribution in [0.3, 0.4) is 0 Å². The number of aryl methyl sites for hydroxylation is 2. The van der Waals surface area contributed by atoms with Crippen LogP contribution in [0.2, 0.25) is 0 Å². The number of hydrogen-bond donors (Lipinski definition) is 0. The van der Waals surface area contributed by atoms with Gasteiger partial charge in [0, 0.05) is 23.6 Å². The molecule has 0 spiro atoms. The second-order valence-corrected chi connectivity index (χ2v) is 9.06. The van der Waals surface area contributed by atoms with Crippen molar-refractivity contribution in [2.75, 3.05) is 0 Å². The molecule has 164 valence electrons. The highest BCUT2D eigenvalue weighted by molar-refractivity contribution is 5.83. The molecule has 1 heterocycles. The summed E-state index contributed by atoms with van der Waals surface area (Å²) in [5.41, 5.74) is 3.02. The SMILES string of the molecule is CCCCCCCCCCc1cn(CCCCCCCCCC)c2ccccc12. The Balaban J connectivity index is 1.70. The van der Waals surface area contributed by atoms with Gasteiger partial charge in [-0.3, -0.25) is 0 Å². The van der Waals surface area contributed by atoms with Gasteiger partial charge in [-0.1, -0.05) is 122 Å². The maximum atomic E-state index is 2.53. The van der Waals surface area contributed by atoms with Crippen molar-refractivity contribution in [3.8, 4) is 0 Å². The smallest absolute Gasteiger partial charge is 0.0483 e. The number of hydrogen-bond acceptors (Lipinski definition) is 0. The summed E-state index contributed by atoms with van der Waals surface area (Å²) >= 11 is 0. The Morgan fingerprint density at radius 1 is 0.586 bits per heavy atom. The lowest BCUT2D eigenvalue weighted by Gasteiger charge is -2.05. The molecule has 0 saturated heterocycles. The minimum Gasteiger partial charge on any atom is -0.347 e. The highest BCUT2D eigenvalue weighted by atomic mass is 15.0. The first-order valence-electron chi connectivity index (χ1n) is 12.9. The third-order valence-corrected chi connectivity index (χ3v) is 6.42. The van der Waals surface area contributed by atoms with Crippen LogP contribution in [0, 0.1) is 0 Å². The molecular formula is C28H47N. The van der Waals surface area contributed by atoms with Crippen LogP contribution in [0.4, 0.5) is 0 Å². The van der Waals surface area contributed by atoms with Gasteiger partial charge < -0.3 is 4.57 Å². The Morgan fingerprint density at radius 3 is 1.72 bits per heavy atom. The van der Waals surface area contributed by atoms with Crippen LogP contribution in [0.1, 0.15) is 122 Å². The fourth-order valence-electron chi connectivity index (χ4n) is 4.57.